The van der Waals surface area contributed by atoms with Crippen molar-refractivity contribution in [3.8, 4) is 11.5 Å². The summed E-state index contributed by atoms with van der Waals surface area (Å²) >= 11 is 0. The Kier molecular flexibility index (Phi) is 3.95. The molecule has 1 aromatic rings. The first kappa shape index (κ1) is 13.7. The maximum Gasteiger partial charge on any atom is 0.244 e. The number of methoxy groups -OCH3 is 2. The standard InChI is InChI=1S/C14H20N2O3/c1-18-10-5-6-12(19-2)11(9-10)14(13(17)16-15)7-3-4-8-14/h5-6,9H,3-4,7-8,15H2,1-2H3,(H,16,17). The Hall–Kier alpha value is -1.75. The molecule has 5 heteroatoms. The van der Waals surface area contributed by atoms with Gasteiger partial charge in [-0.3, -0.25) is 10.2 Å². The average molecular weight is 264 g/mol. The third-order valence-electron chi connectivity index (χ3n) is 3.95. The van der Waals surface area contributed by atoms with Crippen LogP contribution in [-0.2, 0) is 10.2 Å². The van der Waals surface area contributed by atoms with Gasteiger partial charge >= 0.3 is 0 Å². The molecule has 0 heterocycles. The molecule has 1 fully saturated rings. The van der Waals surface area contributed by atoms with Gasteiger partial charge in [0.25, 0.3) is 0 Å². The Morgan fingerprint density at radius 3 is 2.47 bits per heavy atom. The van der Waals surface area contributed by atoms with E-state index >= 15 is 0 Å². The molecule has 1 aliphatic rings. The van der Waals surface area contributed by atoms with Crippen molar-refractivity contribution in [1.29, 1.82) is 0 Å². The number of carbonyl (C=O) groups is 1. The van der Waals surface area contributed by atoms with Crippen LogP contribution in [0.15, 0.2) is 18.2 Å². The molecule has 0 saturated heterocycles. The van der Waals surface area contributed by atoms with Gasteiger partial charge in [0, 0.05) is 5.56 Å². The number of amides is 1. The van der Waals surface area contributed by atoms with Crippen LogP contribution in [0.5, 0.6) is 11.5 Å². The molecule has 1 amide bonds. The largest absolute Gasteiger partial charge is 0.497 e. The monoisotopic (exact) mass is 264 g/mol. The van der Waals surface area contributed by atoms with Crippen molar-refractivity contribution in [1.82, 2.24) is 5.43 Å². The second kappa shape index (κ2) is 5.48. The van der Waals surface area contributed by atoms with Crippen LogP contribution < -0.4 is 20.7 Å². The molecule has 3 N–H and O–H groups in total. The van der Waals surface area contributed by atoms with E-state index in [1.807, 2.05) is 18.2 Å². The molecule has 0 spiro atoms. The van der Waals surface area contributed by atoms with Crippen LogP contribution in [0, 0.1) is 0 Å². The number of hydrazine groups is 1. The van der Waals surface area contributed by atoms with Crippen molar-refractivity contribution in [2.75, 3.05) is 14.2 Å². The summed E-state index contributed by atoms with van der Waals surface area (Å²) in [5, 5.41) is 0. The number of benzene rings is 1. The summed E-state index contributed by atoms with van der Waals surface area (Å²) in [5.41, 5.74) is 2.55. The summed E-state index contributed by atoms with van der Waals surface area (Å²) < 4.78 is 10.7. The lowest BCUT2D eigenvalue weighted by Crippen LogP contribution is -2.45. The zero-order valence-electron chi connectivity index (χ0n) is 11.4. The second-order valence-corrected chi connectivity index (χ2v) is 4.83. The van der Waals surface area contributed by atoms with E-state index in [0.717, 1.165) is 31.2 Å². The normalized spacial score (nSPS) is 17.0. The van der Waals surface area contributed by atoms with Gasteiger partial charge < -0.3 is 9.47 Å². The highest BCUT2D eigenvalue weighted by molar-refractivity contribution is 5.89. The molecule has 1 aromatic carbocycles. The fourth-order valence-electron chi connectivity index (χ4n) is 2.92. The van der Waals surface area contributed by atoms with E-state index < -0.39 is 5.41 Å². The molecular formula is C14H20N2O3. The number of ether oxygens (including phenoxy) is 2. The summed E-state index contributed by atoms with van der Waals surface area (Å²) in [5.74, 6) is 6.62. The minimum atomic E-state index is -0.603. The van der Waals surface area contributed by atoms with Crippen LogP contribution in [-0.4, -0.2) is 20.1 Å². The lowest BCUT2D eigenvalue weighted by atomic mass is 9.77. The highest BCUT2D eigenvalue weighted by atomic mass is 16.5. The van der Waals surface area contributed by atoms with E-state index in [9.17, 15) is 4.79 Å². The van der Waals surface area contributed by atoms with Crippen molar-refractivity contribution in [2.24, 2.45) is 5.84 Å². The zero-order chi connectivity index (χ0) is 13.9. The molecule has 0 aliphatic heterocycles. The second-order valence-electron chi connectivity index (χ2n) is 4.83. The van der Waals surface area contributed by atoms with Crippen LogP contribution in [0.1, 0.15) is 31.2 Å². The van der Waals surface area contributed by atoms with Crippen LogP contribution in [0.4, 0.5) is 0 Å². The van der Waals surface area contributed by atoms with Gasteiger partial charge in [0.05, 0.1) is 19.6 Å². The number of nitrogens with two attached hydrogens (primary N) is 1. The third kappa shape index (κ3) is 2.26. The molecule has 0 radical (unpaired) electrons. The van der Waals surface area contributed by atoms with Crippen molar-refractivity contribution >= 4 is 5.91 Å². The molecule has 0 bridgehead atoms. The van der Waals surface area contributed by atoms with Crippen molar-refractivity contribution in [3.05, 3.63) is 23.8 Å². The first-order valence-electron chi connectivity index (χ1n) is 6.41. The van der Waals surface area contributed by atoms with E-state index in [-0.39, 0.29) is 5.91 Å². The van der Waals surface area contributed by atoms with Crippen LogP contribution in [0.2, 0.25) is 0 Å². The summed E-state index contributed by atoms with van der Waals surface area (Å²) in [6, 6.07) is 5.53. The number of carbonyl (C=O) groups excluding carboxylic acids is 1. The van der Waals surface area contributed by atoms with E-state index in [2.05, 4.69) is 5.43 Å². The van der Waals surface area contributed by atoms with Gasteiger partial charge in [-0.15, -0.1) is 0 Å². The zero-order valence-corrected chi connectivity index (χ0v) is 11.4. The minimum Gasteiger partial charge on any atom is -0.497 e. The van der Waals surface area contributed by atoms with E-state index in [1.54, 1.807) is 14.2 Å². The van der Waals surface area contributed by atoms with Gasteiger partial charge in [-0.05, 0) is 31.0 Å². The van der Waals surface area contributed by atoms with Crippen molar-refractivity contribution in [3.63, 3.8) is 0 Å². The highest BCUT2D eigenvalue weighted by Crippen LogP contribution is 2.45. The van der Waals surface area contributed by atoms with Crippen LogP contribution >= 0.6 is 0 Å². The number of hydrogen-bond acceptors (Lipinski definition) is 4. The fourth-order valence-corrected chi connectivity index (χ4v) is 2.92. The van der Waals surface area contributed by atoms with E-state index in [0.29, 0.717) is 11.5 Å². The van der Waals surface area contributed by atoms with Crippen molar-refractivity contribution < 1.29 is 14.3 Å². The predicted molar refractivity (Wildman–Crippen MR) is 72.0 cm³/mol. The average Bonchev–Trinajstić information content (AvgIpc) is 2.96. The first-order chi connectivity index (χ1) is 9.17. The molecule has 0 unspecified atom stereocenters. The molecule has 104 valence electrons. The topological polar surface area (TPSA) is 73.6 Å². The first-order valence-corrected chi connectivity index (χ1v) is 6.41. The number of hydrogen-bond donors (Lipinski definition) is 2. The number of nitrogens with one attached hydrogen (secondary N) is 1. The van der Waals surface area contributed by atoms with Crippen molar-refractivity contribution in [2.45, 2.75) is 31.1 Å². The molecule has 1 aliphatic carbocycles. The third-order valence-corrected chi connectivity index (χ3v) is 3.95. The summed E-state index contributed by atoms with van der Waals surface area (Å²) in [7, 11) is 3.21. The summed E-state index contributed by atoms with van der Waals surface area (Å²) in [6.07, 6.45) is 3.57. The summed E-state index contributed by atoms with van der Waals surface area (Å²) in [6.45, 7) is 0. The molecule has 19 heavy (non-hydrogen) atoms. The van der Waals surface area contributed by atoms with Gasteiger partial charge in [-0.1, -0.05) is 12.8 Å². The maximum absolute atomic E-state index is 12.3. The van der Waals surface area contributed by atoms with Gasteiger partial charge in [0.1, 0.15) is 11.5 Å². The predicted octanol–water partition coefficient (Wildman–Crippen LogP) is 1.51. The SMILES string of the molecule is COc1ccc(OC)c(C2(C(=O)NN)CCCC2)c1. The molecule has 1 saturated carbocycles. The Bertz CT molecular complexity index is 468. The Morgan fingerprint density at radius 1 is 1.26 bits per heavy atom. The lowest BCUT2D eigenvalue weighted by Gasteiger charge is -2.29. The van der Waals surface area contributed by atoms with Gasteiger partial charge in [-0.25, -0.2) is 5.84 Å². The molecular weight excluding hydrogens is 244 g/mol. The quantitative estimate of drug-likeness (QED) is 0.491. The highest BCUT2D eigenvalue weighted by Gasteiger charge is 2.44. The van der Waals surface area contributed by atoms with Crippen LogP contribution in [0.25, 0.3) is 0 Å². The Morgan fingerprint density at radius 2 is 1.95 bits per heavy atom. The molecule has 2 rings (SSSR count). The smallest absolute Gasteiger partial charge is 0.244 e. The lowest BCUT2D eigenvalue weighted by molar-refractivity contribution is -0.126. The van der Waals surface area contributed by atoms with Gasteiger partial charge in [-0.2, -0.15) is 0 Å². The van der Waals surface area contributed by atoms with E-state index in [4.69, 9.17) is 15.3 Å². The Labute approximate surface area is 113 Å². The fraction of sp³-hybridized carbons (Fsp3) is 0.500. The van der Waals surface area contributed by atoms with E-state index in [1.165, 1.54) is 0 Å². The Balaban J connectivity index is 2.55. The molecule has 0 atom stereocenters. The molecule has 0 aromatic heterocycles. The van der Waals surface area contributed by atoms with Crippen LogP contribution in [0.3, 0.4) is 0 Å². The van der Waals surface area contributed by atoms with Gasteiger partial charge in [0.2, 0.25) is 5.91 Å². The van der Waals surface area contributed by atoms with Gasteiger partial charge in [0.15, 0.2) is 0 Å². The summed E-state index contributed by atoms with van der Waals surface area (Å²) in [4.78, 5) is 12.3. The minimum absolute atomic E-state index is 0.156. The number of rotatable bonds is 4. The maximum atomic E-state index is 12.3. The molecule has 5 nitrogen and oxygen atoms in total.